The second-order valence-corrected chi connectivity index (χ2v) is 4.55. The average Bonchev–Trinajstić information content (AvgIpc) is 2.85. The molecule has 2 aromatic rings. The fourth-order valence-electron chi connectivity index (χ4n) is 1.60. The van der Waals surface area contributed by atoms with Gasteiger partial charge in [0.15, 0.2) is 0 Å². The summed E-state index contributed by atoms with van der Waals surface area (Å²) >= 11 is 1.67. The zero-order valence-electron chi connectivity index (χ0n) is 10.5. The molecule has 0 radical (unpaired) electrons. The van der Waals surface area contributed by atoms with E-state index in [1.807, 2.05) is 24.3 Å². The molecule has 5 heteroatoms. The third kappa shape index (κ3) is 3.45. The predicted octanol–water partition coefficient (Wildman–Crippen LogP) is 3.35. The van der Waals surface area contributed by atoms with E-state index >= 15 is 0 Å². The molecule has 0 saturated carbocycles. The van der Waals surface area contributed by atoms with Gasteiger partial charge >= 0.3 is 0 Å². The number of nitrogens with zero attached hydrogens (tertiary/aromatic N) is 1. The molecule has 1 N–H and O–H groups in total. The number of methoxy groups -OCH3 is 1. The molecule has 0 spiro atoms. The smallest absolute Gasteiger partial charge is 0.128 e. The van der Waals surface area contributed by atoms with Gasteiger partial charge in [-0.1, -0.05) is 19.1 Å². The van der Waals surface area contributed by atoms with E-state index in [1.165, 1.54) is 0 Å². The minimum absolute atomic E-state index is 0. The monoisotopic (exact) mass is 284 g/mol. The van der Waals surface area contributed by atoms with Crippen molar-refractivity contribution in [2.24, 2.45) is 0 Å². The van der Waals surface area contributed by atoms with Crippen LogP contribution in [0.1, 0.15) is 11.9 Å². The number of rotatable bonds is 5. The average molecular weight is 285 g/mol. The number of thiazole rings is 1. The Morgan fingerprint density at radius 2 is 2.11 bits per heavy atom. The van der Waals surface area contributed by atoms with Crippen LogP contribution in [0.4, 0.5) is 0 Å². The van der Waals surface area contributed by atoms with E-state index in [9.17, 15) is 0 Å². The molecule has 0 amide bonds. The second kappa shape index (κ2) is 7.36. The summed E-state index contributed by atoms with van der Waals surface area (Å²) in [6.45, 7) is 3.88. The van der Waals surface area contributed by atoms with Crippen LogP contribution in [-0.2, 0) is 6.54 Å². The first kappa shape index (κ1) is 15.0. The van der Waals surface area contributed by atoms with Gasteiger partial charge in [0.05, 0.1) is 12.8 Å². The third-order valence-electron chi connectivity index (χ3n) is 2.46. The summed E-state index contributed by atoms with van der Waals surface area (Å²) < 4.78 is 5.34. The number of aromatic nitrogens is 1. The molecule has 0 aliphatic rings. The highest BCUT2D eigenvalue weighted by molar-refractivity contribution is 7.09. The Hall–Kier alpha value is -1.10. The lowest BCUT2D eigenvalue weighted by Gasteiger charge is -2.04. The van der Waals surface area contributed by atoms with Gasteiger partial charge in [0.2, 0.25) is 0 Å². The summed E-state index contributed by atoms with van der Waals surface area (Å²) in [6, 6.07) is 7.96. The van der Waals surface area contributed by atoms with Crippen molar-refractivity contribution in [2.75, 3.05) is 13.7 Å². The largest absolute Gasteiger partial charge is 0.496 e. The topological polar surface area (TPSA) is 34.2 Å². The fourth-order valence-corrected chi connectivity index (χ4v) is 2.37. The van der Waals surface area contributed by atoms with Crippen molar-refractivity contribution in [1.29, 1.82) is 0 Å². The van der Waals surface area contributed by atoms with Crippen molar-refractivity contribution >= 4 is 23.7 Å². The van der Waals surface area contributed by atoms with E-state index in [4.69, 9.17) is 4.74 Å². The maximum absolute atomic E-state index is 5.34. The molecule has 1 heterocycles. The SMILES string of the molecule is CCNCc1nc(-c2ccccc2OC)cs1.Cl. The lowest BCUT2D eigenvalue weighted by Crippen LogP contribution is -2.11. The van der Waals surface area contributed by atoms with Crippen LogP contribution in [0.15, 0.2) is 29.6 Å². The highest BCUT2D eigenvalue weighted by Gasteiger charge is 2.08. The lowest BCUT2D eigenvalue weighted by molar-refractivity contribution is 0.416. The Morgan fingerprint density at radius 1 is 1.33 bits per heavy atom. The molecule has 0 unspecified atom stereocenters. The molecule has 1 aromatic carbocycles. The van der Waals surface area contributed by atoms with Gasteiger partial charge in [0.1, 0.15) is 10.8 Å². The molecule has 0 aliphatic heterocycles. The maximum Gasteiger partial charge on any atom is 0.128 e. The molecule has 0 fully saturated rings. The van der Waals surface area contributed by atoms with Crippen LogP contribution in [0.2, 0.25) is 0 Å². The van der Waals surface area contributed by atoms with Gasteiger partial charge < -0.3 is 10.1 Å². The molecule has 1 aromatic heterocycles. The van der Waals surface area contributed by atoms with E-state index in [0.717, 1.165) is 35.1 Å². The molecule has 0 bridgehead atoms. The van der Waals surface area contributed by atoms with Crippen molar-refractivity contribution in [3.8, 4) is 17.0 Å². The van der Waals surface area contributed by atoms with E-state index in [0.29, 0.717) is 0 Å². The first-order chi connectivity index (χ1) is 8.35. The van der Waals surface area contributed by atoms with Crippen LogP contribution in [0.25, 0.3) is 11.3 Å². The molecule has 18 heavy (non-hydrogen) atoms. The number of halogens is 1. The number of hydrogen-bond acceptors (Lipinski definition) is 4. The van der Waals surface area contributed by atoms with Crippen molar-refractivity contribution in [3.63, 3.8) is 0 Å². The highest BCUT2D eigenvalue weighted by atomic mass is 35.5. The highest BCUT2D eigenvalue weighted by Crippen LogP contribution is 2.30. The zero-order chi connectivity index (χ0) is 12.1. The fraction of sp³-hybridized carbons (Fsp3) is 0.308. The Labute approximate surface area is 118 Å². The molecular formula is C13H17ClN2OS. The maximum atomic E-state index is 5.34. The second-order valence-electron chi connectivity index (χ2n) is 3.61. The minimum Gasteiger partial charge on any atom is -0.496 e. The normalized spacial score (nSPS) is 9.89. The minimum atomic E-state index is 0. The number of para-hydroxylation sites is 1. The summed E-state index contributed by atoms with van der Waals surface area (Å²) in [6.07, 6.45) is 0. The third-order valence-corrected chi connectivity index (χ3v) is 3.31. The quantitative estimate of drug-likeness (QED) is 0.914. The molecule has 3 nitrogen and oxygen atoms in total. The summed E-state index contributed by atoms with van der Waals surface area (Å²) in [4.78, 5) is 4.60. The lowest BCUT2D eigenvalue weighted by atomic mass is 10.1. The first-order valence-electron chi connectivity index (χ1n) is 5.63. The van der Waals surface area contributed by atoms with Crippen LogP contribution in [0.3, 0.4) is 0 Å². The van der Waals surface area contributed by atoms with Crippen LogP contribution < -0.4 is 10.1 Å². The molecular weight excluding hydrogens is 268 g/mol. The van der Waals surface area contributed by atoms with E-state index in [1.54, 1.807) is 18.4 Å². The van der Waals surface area contributed by atoms with Crippen molar-refractivity contribution in [2.45, 2.75) is 13.5 Å². The van der Waals surface area contributed by atoms with Crippen molar-refractivity contribution in [1.82, 2.24) is 10.3 Å². The van der Waals surface area contributed by atoms with Gasteiger partial charge in [-0.05, 0) is 18.7 Å². The van der Waals surface area contributed by atoms with E-state index in [-0.39, 0.29) is 12.4 Å². The van der Waals surface area contributed by atoms with Gasteiger partial charge in [0, 0.05) is 17.5 Å². The Bertz CT molecular complexity index is 487. The standard InChI is InChI=1S/C13H16N2OS.ClH/c1-3-14-8-13-15-11(9-17-13)10-6-4-5-7-12(10)16-2;/h4-7,9,14H,3,8H2,1-2H3;1H. The van der Waals surface area contributed by atoms with Gasteiger partial charge in [0.25, 0.3) is 0 Å². The Morgan fingerprint density at radius 3 is 2.83 bits per heavy atom. The first-order valence-corrected chi connectivity index (χ1v) is 6.51. The molecule has 98 valence electrons. The van der Waals surface area contributed by atoms with Crippen LogP contribution >= 0.6 is 23.7 Å². The molecule has 0 atom stereocenters. The van der Waals surface area contributed by atoms with Crippen molar-refractivity contribution < 1.29 is 4.74 Å². The number of hydrogen-bond donors (Lipinski definition) is 1. The summed E-state index contributed by atoms with van der Waals surface area (Å²) in [7, 11) is 1.69. The zero-order valence-corrected chi connectivity index (χ0v) is 12.1. The van der Waals surface area contributed by atoms with Crippen molar-refractivity contribution in [3.05, 3.63) is 34.7 Å². The Balaban J connectivity index is 0.00000162. The van der Waals surface area contributed by atoms with Crippen LogP contribution in [0.5, 0.6) is 5.75 Å². The van der Waals surface area contributed by atoms with E-state index < -0.39 is 0 Å². The molecule has 0 aliphatic carbocycles. The van der Waals surface area contributed by atoms with Gasteiger partial charge in [-0.3, -0.25) is 0 Å². The van der Waals surface area contributed by atoms with Gasteiger partial charge in [-0.2, -0.15) is 0 Å². The van der Waals surface area contributed by atoms with Crippen LogP contribution in [0, 0.1) is 0 Å². The summed E-state index contributed by atoms with van der Waals surface area (Å²) in [5, 5.41) is 6.45. The molecule has 0 saturated heterocycles. The number of nitrogens with one attached hydrogen (secondary N) is 1. The number of ether oxygens (including phenoxy) is 1. The van der Waals surface area contributed by atoms with Gasteiger partial charge in [-0.25, -0.2) is 4.98 Å². The summed E-state index contributed by atoms with van der Waals surface area (Å²) in [5.41, 5.74) is 2.04. The summed E-state index contributed by atoms with van der Waals surface area (Å²) in [5.74, 6) is 0.868. The van der Waals surface area contributed by atoms with Gasteiger partial charge in [-0.15, -0.1) is 23.7 Å². The Kier molecular flexibility index (Phi) is 6.12. The number of benzene rings is 1. The van der Waals surface area contributed by atoms with E-state index in [2.05, 4.69) is 22.6 Å². The predicted molar refractivity (Wildman–Crippen MR) is 78.7 cm³/mol. The molecule has 2 rings (SSSR count). The van der Waals surface area contributed by atoms with Crippen LogP contribution in [-0.4, -0.2) is 18.6 Å².